The van der Waals surface area contributed by atoms with E-state index in [4.69, 9.17) is 33.3 Å². The van der Waals surface area contributed by atoms with Crippen LogP contribution in [-0.2, 0) is 4.79 Å². The molecule has 2 aliphatic rings. The molecular formula is C27H26ClN3O3S. The molecule has 0 saturated carbocycles. The molecule has 3 aromatic carbocycles. The Morgan fingerprint density at radius 2 is 1.91 bits per heavy atom. The second-order valence-corrected chi connectivity index (χ2v) is 9.61. The molecule has 8 heteroatoms. The lowest BCUT2D eigenvalue weighted by molar-refractivity contribution is -0.130. The zero-order valence-electron chi connectivity index (χ0n) is 19.7. The second-order valence-electron chi connectivity index (χ2n) is 8.79. The fourth-order valence-corrected chi connectivity index (χ4v) is 5.50. The number of halogens is 1. The first-order chi connectivity index (χ1) is 16.8. The fraction of sp³-hybridized carbons (Fsp3) is 0.259. The van der Waals surface area contributed by atoms with Crippen molar-refractivity contribution in [3.8, 4) is 11.5 Å². The Balaban J connectivity index is 1.65. The topological polar surface area (TPSA) is 62.8 Å². The number of anilines is 2. The van der Waals surface area contributed by atoms with E-state index in [9.17, 15) is 4.79 Å². The summed E-state index contributed by atoms with van der Waals surface area (Å²) in [7, 11) is 0. The van der Waals surface area contributed by atoms with Gasteiger partial charge in [0.2, 0.25) is 5.91 Å². The lowest BCUT2D eigenvalue weighted by atomic mass is 9.78. The van der Waals surface area contributed by atoms with Crippen LogP contribution < -0.4 is 25.0 Å². The molecule has 2 aliphatic heterocycles. The number of ether oxygens (including phenoxy) is 2. The van der Waals surface area contributed by atoms with Gasteiger partial charge in [-0.05, 0) is 75.0 Å². The first-order valence-electron chi connectivity index (χ1n) is 11.5. The summed E-state index contributed by atoms with van der Waals surface area (Å²) < 4.78 is 12.6. The van der Waals surface area contributed by atoms with Crippen molar-refractivity contribution in [1.82, 2.24) is 5.32 Å². The van der Waals surface area contributed by atoms with Gasteiger partial charge in [0.25, 0.3) is 0 Å². The first kappa shape index (κ1) is 23.5. The molecule has 3 aromatic rings. The molecule has 2 N–H and O–H groups in total. The number of benzene rings is 3. The largest absolute Gasteiger partial charge is 0.490 e. The van der Waals surface area contributed by atoms with Crippen molar-refractivity contribution in [2.24, 2.45) is 5.92 Å². The van der Waals surface area contributed by atoms with Gasteiger partial charge in [-0.3, -0.25) is 9.69 Å². The number of hydrogen-bond donors (Lipinski definition) is 2. The molecule has 1 saturated heterocycles. The van der Waals surface area contributed by atoms with Gasteiger partial charge in [-0.2, -0.15) is 0 Å². The number of rotatable bonds is 5. The molecule has 0 aromatic heterocycles. The highest BCUT2D eigenvalue weighted by Crippen LogP contribution is 2.52. The van der Waals surface area contributed by atoms with Crippen LogP contribution >= 0.6 is 23.8 Å². The van der Waals surface area contributed by atoms with Crippen LogP contribution in [0.5, 0.6) is 11.5 Å². The van der Waals surface area contributed by atoms with E-state index in [-0.39, 0.29) is 5.91 Å². The van der Waals surface area contributed by atoms with Crippen LogP contribution in [0.3, 0.4) is 0 Å². The van der Waals surface area contributed by atoms with Crippen molar-refractivity contribution in [3.05, 3.63) is 82.9 Å². The lowest BCUT2D eigenvalue weighted by Crippen LogP contribution is -2.72. The molecular weight excluding hydrogens is 482 g/mol. The van der Waals surface area contributed by atoms with Gasteiger partial charge in [-0.25, -0.2) is 0 Å². The minimum absolute atomic E-state index is 0.194. The van der Waals surface area contributed by atoms with Gasteiger partial charge in [0, 0.05) is 22.0 Å². The maximum atomic E-state index is 13.9. The first-order valence-corrected chi connectivity index (χ1v) is 12.3. The summed E-state index contributed by atoms with van der Waals surface area (Å²) in [5, 5.41) is 7.58. The summed E-state index contributed by atoms with van der Waals surface area (Å²) in [4.78, 5) is 15.8. The molecule has 2 bridgehead atoms. The van der Waals surface area contributed by atoms with Crippen LogP contribution in [-0.4, -0.2) is 23.4 Å². The zero-order valence-corrected chi connectivity index (χ0v) is 21.2. The van der Waals surface area contributed by atoms with Crippen molar-refractivity contribution in [2.45, 2.75) is 32.5 Å². The Labute approximate surface area is 215 Å². The highest BCUT2D eigenvalue weighted by Gasteiger charge is 2.59. The Kier molecular flexibility index (Phi) is 6.07. The molecule has 0 spiro atoms. The van der Waals surface area contributed by atoms with Gasteiger partial charge in [0.1, 0.15) is 5.92 Å². The van der Waals surface area contributed by atoms with E-state index in [1.54, 1.807) is 24.3 Å². The minimum Gasteiger partial charge on any atom is -0.490 e. The summed E-state index contributed by atoms with van der Waals surface area (Å²) in [5.74, 6) is 0.415. The maximum Gasteiger partial charge on any atom is 0.236 e. The van der Waals surface area contributed by atoms with Crippen molar-refractivity contribution in [2.75, 3.05) is 16.8 Å². The highest BCUT2D eigenvalue weighted by atomic mass is 35.5. The van der Waals surface area contributed by atoms with Crippen molar-refractivity contribution in [1.29, 1.82) is 0 Å². The number of fused-ring (bicyclic) bond motifs is 4. The average Bonchev–Trinajstić information content (AvgIpc) is 2.82. The summed E-state index contributed by atoms with van der Waals surface area (Å²) in [5.41, 5.74) is 2.24. The second kappa shape index (κ2) is 9.06. The molecule has 0 radical (unpaired) electrons. The summed E-state index contributed by atoms with van der Waals surface area (Å²) in [6, 6.07) is 20.3. The number of para-hydroxylation sites is 2. The monoisotopic (exact) mass is 507 g/mol. The maximum absolute atomic E-state index is 13.9. The van der Waals surface area contributed by atoms with Gasteiger partial charge in [0.15, 0.2) is 22.3 Å². The third kappa shape index (κ3) is 3.98. The van der Waals surface area contributed by atoms with Gasteiger partial charge < -0.3 is 20.1 Å². The van der Waals surface area contributed by atoms with Crippen LogP contribution in [0.1, 0.15) is 31.0 Å². The van der Waals surface area contributed by atoms with Gasteiger partial charge in [0.05, 0.1) is 12.6 Å². The molecule has 1 amide bonds. The number of thiocarbonyl (C=S) groups is 1. The Morgan fingerprint density at radius 1 is 1.17 bits per heavy atom. The van der Waals surface area contributed by atoms with Crippen molar-refractivity contribution < 1.29 is 14.3 Å². The number of carbonyl (C=O) groups is 1. The van der Waals surface area contributed by atoms with Crippen LogP contribution in [0.15, 0.2) is 66.7 Å². The normalized spacial score (nSPS) is 22.5. The van der Waals surface area contributed by atoms with E-state index in [0.29, 0.717) is 33.9 Å². The van der Waals surface area contributed by atoms with Crippen LogP contribution in [0.25, 0.3) is 0 Å². The molecule has 35 heavy (non-hydrogen) atoms. The van der Waals surface area contributed by atoms with E-state index in [1.807, 2.05) is 68.1 Å². The van der Waals surface area contributed by atoms with Crippen LogP contribution in [0.2, 0.25) is 5.02 Å². The Bertz CT molecular complexity index is 1300. The van der Waals surface area contributed by atoms with E-state index >= 15 is 0 Å². The minimum atomic E-state index is -1.13. The highest BCUT2D eigenvalue weighted by molar-refractivity contribution is 7.80. The molecule has 3 atom stereocenters. The molecule has 0 aliphatic carbocycles. The number of hydrogen-bond acceptors (Lipinski definition) is 4. The van der Waals surface area contributed by atoms with Gasteiger partial charge in [-0.15, -0.1) is 0 Å². The molecule has 2 heterocycles. The van der Waals surface area contributed by atoms with Crippen LogP contribution in [0.4, 0.5) is 11.4 Å². The Hall–Kier alpha value is -3.29. The van der Waals surface area contributed by atoms with E-state index in [2.05, 4.69) is 10.6 Å². The number of aryl methyl sites for hydroxylation is 1. The molecule has 1 fully saturated rings. The summed E-state index contributed by atoms with van der Waals surface area (Å²) in [6.45, 7) is 6.35. The number of nitrogens with zero attached hydrogens (tertiary/aromatic N) is 1. The molecule has 180 valence electrons. The predicted molar refractivity (Wildman–Crippen MR) is 142 cm³/mol. The standard InChI is InChI=1S/C27H26ClN3O3S/c1-4-33-21-11-7-9-19-23-22(25(32)29-18-14-12-17(28)13-15-18)27(3,34-24(19)21)31(26(35)30-23)20-10-6-5-8-16(20)2/h5-15,22-23H,4H2,1-3H3,(H,29,32)(H,30,35)/t22-,23-,27-/m0/s1. The van der Waals surface area contributed by atoms with E-state index in [1.165, 1.54) is 0 Å². The van der Waals surface area contributed by atoms with E-state index < -0.39 is 17.7 Å². The molecule has 0 unspecified atom stereocenters. The smallest absolute Gasteiger partial charge is 0.236 e. The third-order valence-electron chi connectivity index (χ3n) is 6.54. The number of nitrogens with one attached hydrogen (secondary N) is 2. The van der Waals surface area contributed by atoms with Gasteiger partial charge >= 0.3 is 0 Å². The zero-order chi connectivity index (χ0) is 24.7. The number of amides is 1. The Morgan fingerprint density at radius 3 is 2.63 bits per heavy atom. The molecule has 5 rings (SSSR count). The lowest BCUT2D eigenvalue weighted by Gasteiger charge is -2.56. The van der Waals surface area contributed by atoms with Crippen LogP contribution in [0, 0.1) is 12.8 Å². The third-order valence-corrected chi connectivity index (χ3v) is 7.09. The SMILES string of the molecule is CCOc1cccc2c1O[C@@]1(C)[C@H](C(=O)Nc3ccc(Cl)cc3)[C@H]2NC(=S)N1c1ccccc1C. The molecule has 6 nitrogen and oxygen atoms in total. The van der Waals surface area contributed by atoms with E-state index in [0.717, 1.165) is 16.8 Å². The van der Waals surface area contributed by atoms with Crippen molar-refractivity contribution in [3.63, 3.8) is 0 Å². The average molecular weight is 508 g/mol. The predicted octanol–water partition coefficient (Wildman–Crippen LogP) is 5.85. The summed E-state index contributed by atoms with van der Waals surface area (Å²) in [6.07, 6.45) is 0. The van der Waals surface area contributed by atoms with Crippen molar-refractivity contribution >= 4 is 46.2 Å². The fourth-order valence-electron chi connectivity index (χ4n) is 4.97. The van der Waals surface area contributed by atoms with Gasteiger partial charge in [-0.1, -0.05) is 41.9 Å². The quantitative estimate of drug-likeness (QED) is 0.423. The summed E-state index contributed by atoms with van der Waals surface area (Å²) >= 11 is 11.9. The number of carbonyl (C=O) groups excluding carboxylic acids is 1.